The van der Waals surface area contributed by atoms with Crippen LogP contribution in [0.3, 0.4) is 0 Å². The van der Waals surface area contributed by atoms with Gasteiger partial charge < -0.3 is 0 Å². The Labute approximate surface area is 81.0 Å². The molecule has 0 bridgehead atoms. The molecular weight excluding hydrogens is 160 g/mol. The van der Waals surface area contributed by atoms with Gasteiger partial charge in [-0.05, 0) is 5.92 Å². The molecule has 0 saturated carbocycles. The summed E-state index contributed by atoms with van der Waals surface area (Å²) in [5.41, 5.74) is 0. The Morgan fingerprint density at radius 2 is 1.83 bits per heavy atom. The molecule has 0 amide bonds. The van der Waals surface area contributed by atoms with Crippen molar-refractivity contribution < 1.29 is 0 Å². The Hall–Kier alpha value is 0.217. The summed E-state index contributed by atoms with van der Waals surface area (Å²) >= 11 is 0. The highest BCUT2D eigenvalue weighted by molar-refractivity contribution is 6.35. The van der Waals surface area contributed by atoms with Gasteiger partial charge in [-0.15, -0.1) is 0 Å². The normalized spacial score (nSPS) is 13.2. The number of hydrogen-bond donors (Lipinski definition) is 0. The van der Waals surface area contributed by atoms with Crippen LogP contribution in [-0.2, 0) is 0 Å². The fourth-order valence-electron chi connectivity index (χ4n) is 1.17. The van der Waals surface area contributed by atoms with Gasteiger partial charge in [0.25, 0.3) is 0 Å². The fourth-order valence-corrected chi connectivity index (χ4v) is 2.66. The molecule has 1 heteroatoms. The molecule has 0 aliphatic rings. The van der Waals surface area contributed by atoms with E-state index in [4.69, 9.17) is 0 Å². The summed E-state index contributed by atoms with van der Waals surface area (Å²) in [6.07, 6.45) is 7.11. The summed E-state index contributed by atoms with van der Waals surface area (Å²) < 4.78 is 0. The van der Waals surface area contributed by atoms with Crippen molar-refractivity contribution in [2.45, 2.75) is 65.0 Å². The molecular formula is C11H24Si. The van der Waals surface area contributed by atoms with Crippen LogP contribution in [-0.4, -0.2) is 9.52 Å². The molecule has 0 spiro atoms. The largest absolute Gasteiger partial charge is 0.0654 e. The quantitative estimate of drug-likeness (QED) is 0.392. The summed E-state index contributed by atoms with van der Waals surface area (Å²) in [5, 5.41) is 0. The van der Waals surface area contributed by atoms with Crippen LogP contribution in [0.2, 0.25) is 12.1 Å². The van der Waals surface area contributed by atoms with Crippen molar-refractivity contribution in [2.24, 2.45) is 5.92 Å². The highest BCUT2D eigenvalue weighted by atomic mass is 28.2. The lowest BCUT2D eigenvalue weighted by Crippen LogP contribution is -1.98. The average molecular weight is 184 g/mol. The molecule has 0 aromatic heterocycles. The molecule has 0 aromatic carbocycles. The SMILES string of the molecule is CCCCCC[Si]C[C@@H](C)CC. The molecule has 0 aliphatic heterocycles. The Kier molecular flexibility index (Phi) is 9.47. The number of rotatable bonds is 8. The average Bonchev–Trinajstić information content (AvgIpc) is 2.10. The standard InChI is InChI=1S/C11H24Si/c1-4-6-7-8-9-12-10-11(3)5-2/h11H,4-10H2,1-3H3/t11-/m0/s1. The molecule has 0 fully saturated rings. The zero-order valence-electron chi connectivity index (χ0n) is 9.03. The highest BCUT2D eigenvalue weighted by Gasteiger charge is 1.98. The molecule has 72 valence electrons. The summed E-state index contributed by atoms with van der Waals surface area (Å²) in [4.78, 5) is 0. The first kappa shape index (κ1) is 12.2. The van der Waals surface area contributed by atoms with Crippen LogP contribution in [0.5, 0.6) is 0 Å². The molecule has 0 saturated heterocycles. The maximum atomic E-state index is 2.37. The van der Waals surface area contributed by atoms with E-state index in [-0.39, 0.29) is 0 Å². The maximum absolute atomic E-state index is 2.37. The Balaban J connectivity index is 2.90. The van der Waals surface area contributed by atoms with E-state index in [1.54, 1.807) is 0 Å². The van der Waals surface area contributed by atoms with Crippen LogP contribution in [0, 0.1) is 5.92 Å². The fraction of sp³-hybridized carbons (Fsp3) is 1.00. The molecule has 2 radical (unpaired) electrons. The van der Waals surface area contributed by atoms with Crippen molar-refractivity contribution in [3.8, 4) is 0 Å². The lowest BCUT2D eigenvalue weighted by molar-refractivity contribution is 0.619. The number of unbranched alkanes of at least 4 members (excludes halogenated alkanes) is 3. The van der Waals surface area contributed by atoms with Crippen molar-refractivity contribution in [2.75, 3.05) is 0 Å². The smallest absolute Gasteiger partial charge is 0.0380 e. The first-order valence-electron chi connectivity index (χ1n) is 5.52. The van der Waals surface area contributed by atoms with Crippen molar-refractivity contribution in [1.29, 1.82) is 0 Å². The predicted molar refractivity (Wildman–Crippen MR) is 59.0 cm³/mol. The minimum atomic E-state index is 0.967. The zero-order valence-corrected chi connectivity index (χ0v) is 10.0. The first-order valence-corrected chi connectivity index (χ1v) is 6.93. The molecule has 0 rings (SSSR count). The summed E-state index contributed by atoms with van der Waals surface area (Å²) in [6, 6.07) is 2.97. The monoisotopic (exact) mass is 184 g/mol. The van der Waals surface area contributed by atoms with Crippen molar-refractivity contribution in [3.05, 3.63) is 0 Å². The Morgan fingerprint density at radius 3 is 2.42 bits per heavy atom. The predicted octanol–water partition coefficient (Wildman–Crippen LogP) is 4.15. The maximum Gasteiger partial charge on any atom is 0.0380 e. The third-order valence-electron chi connectivity index (χ3n) is 2.40. The minimum absolute atomic E-state index is 0.967. The van der Waals surface area contributed by atoms with Gasteiger partial charge in [-0.1, -0.05) is 65.0 Å². The van der Waals surface area contributed by atoms with Gasteiger partial charge in [-0.25, -0.2) is 0 Å². The topological polar surface area (TPSA) is 0 Å². The van der Waals surface area contributed by atoms with E-state index in [1.807, 2.05) is 0 Å². The molecule has 0 aliphatic carbocycles. The second-order valence-corrected chi connectivity index (χ2v) is 5.19. The summed E-state index contributed by atoms with van der Waals surface area (Å²) in [6.45, 7) is 6.95. The van der Waals surface area contributed by atoms with E-state index in [0.29, 0.717) is 0 Å². The van der Waals surface area contributed by atoms with E-state index in [9.17, 15) is 0 Å². The summed E-state index contributed by atoms with van der Waals surface area (Å²) in [7, 11) is 1.23. The molecule has 1 atom stereocenters. The third-order valence-corrected chi connectivity index (χ3v) is 4.09. The third kappa shape index (κ3) is 8.31. The van der Waals surface area contributed by atoms with E-state index in [2.05, 4.69) is 20.8 Å². The molecule has 0 nitrogen and oxygen atoms in total. The van der Waals surface area contributed by atoms with Crippen LogP contribution < -0.4 is 0 Å². The van der Waals surface area contributed by atoms with E-state index in [1.165, 1.54) is 53.7 Å². The molecule has 0 aromatic rings. The van der Waals surface area contributed by atoms with E-state index < -0.39 is 0 Å². The van der Waals surface area contributed by atoms with Crippen molar-refractivity contribution in [3.63, 3.8) is 0 Å². The molecule has 0 N–H and O–H groups in total. The second kappa shape index (κ2) is 9.31. The van der Waals surface area contributed by atoms with Gasteiger partial charge in [0.2, 0.25) is 0 Å². The van der Waals surface area contributed by atoms with Gasteiger partial charge in [0, 0.05) is 9.52 Å². The van der Waals surface area contributed by atoms with Gasteiger partial charge in [-0.2, -0.15) is 0 Å². The first-order chi connectivity index (χ1) is 5.81. The molecule has 0 heterocycles. The van der Waals surface area contributed by atoms with Crippen molar-refractivity contribution in [1.82, 2.24) is 0 Å². The molecule has 12 heavy (non-hydrogen) atoms. The van der Waals surface area contributed by atoms with Crippen LogP contribution >= 0.6 is 0 Å². The second-order valence-electron chi connectivity index (χ2n) is 3.78. The van der Waals surface area contributed by atoms with E-state index in [0.717, 1.165) is 5.92 Å². The summed E-state index contributed by atoms with van der Waals surface area (Å²) in [5.74, 6) is 0.967. The van der Waals surface area contributed by atoms with Crippen LogP contribution in [0.4, 0.5) is 0 Å². The van der Waals surface area contributed by atoms with Crippen LogP contribution in [0.1, 0.15) is 52.9 Å². The van der Waals surface area contributed by atoms with Crippen LogP contribution in [0.15, 0.2) is 0 Å². The van der Waals surface area contributed by atoms with Gasteiger partial charge in [0.05, 0.1) is 0 Å². The number of hydrogen-bond acceptors (Lipinski definition) is 0. The van der Waals surface area contributed by atoms with E-state index >= 15 is 0 Å². The lowest BCUT2D eigenvalue weighted by Gasteiger charge is -2.06. The zero-order chi connectivity index (χ0) is 9.23. The van der Waals surface area contributed by atoms with Crippen LogP contribution in [0.25, 0.3) is 0 Å². The van der Waals surface area contributed by atoms with Gasteiger partial charge in [0.15, 0.2) is 0 Å². The highest BCUT2D eigenvalue weighted by Crippen LogP contribution is 2.09. The van der Waals surface area contributed by atoms with Crippen molar-refractivity contribution >= 4 is 9.52 Å². The van der Waals surface area contributed by atoms with Gasteiger partial charge in [0.1, 0.15) is 0 Å². The lowest BCUT2D eigenvalue weighted by atomic mass is 10.2. The minimum Gasteiger partial charge on any atom is -0.0654 e. The molecule has 0 unspecified atom stereocenters. The Bertz CT molecular complexity index is 81.1. The Morgan fingerprint density at radius 1 is 1.08 bits per heavy atom. The van der Waals surface area contributed by atoms with Gasteiger partial charge >= 0.3 is 0 Å². The van der Waals surface area contributed by atoms with Gasteiger partial charge in [-0.3, -0.25) is 0 Å².